The van der Waals surface area contributed by atoms with Crippen LogP contribution in [0, 0.1) is 6.92 Å². The van der Waals surface area contributed by atoms with E-state index < -0.39 is 0 Å². The van der Waals surface area contributed by atoms with Crippen LogP contribution in [0.5, 0.6) is 0 Å². The Kier molecular flexibility index (Phi) is 2.86. The van der Waals surface area contributed by atoms with Gasteiger partial charge in [0, 0.05) is 25.0 Å². The molecule has 0 spiro atoms. The number of aliphatic imine (C=N–C) groups is 1. The van der Waals surface area contributed by atoms with Crippen LogP contribution in [0.3, 0.4) is 0 Å². The highest BCUT2D eigenvalue weighted by Gasteiger charge is 2.06. The van der Waals surface area contributed by atoms with Gasteiger partial charge in [-0.05, 0) is 37.1 Å². The lowest BCUT2D eigenvalue weighted by molar-refractivity contribution is 0.958. The topological polar surface area (TPSA) is 29.7 Å². The molecule has 0 aliphatic heterocycles. The summed E-state index contributed by atoms with van der Waals surface area (Å²) in [5, 5.41) is 4.33. The van der Waals surface area contributed by atoms with Gasteiger partial charge in [-0.25, -0.2) is 4.52 Å². The van der Waals surface area contributed by atoms with Gasteiger partial charge in [0.25, 0.3) is 0 Å². The molecule has 2 heterocycles. The predicted octanol–water partition coefficient (Wildman–Crippen LogP) is 2.75. The van der Waals surface area contributed by atoms with Crippen LogP contribution in [0.4, 0.5) is 0 Å². The molecular weight excluding hydrogens is 198 g/mol. The fraction of sp³-hybridized carbons (Fsp3) is 0.231. The van der Waals surface area contributed by atoms with Crippen molar-refractivity contribution in [3.05, 3.63) is 41.7 Å². The van der Waals surface area contributed by atoms with Crippen molar-refractivity contribution in [1.82, 2.24) is 9.61 Å². The van der Waals surface area contributed by atoms with E-state index in [4.69, 9.17) is 0 Å². The molecule has 0 N–H and O–H groups in total. The second-order valence-electron chi connectivity index (χ2n) is 3.72. The predicted molar refractivity (Wildman–Crippen MR) is 68.0 cm³/mol. The molecule has 0 aliphatic carbocycles. The number of nitrogens with zero attached hydrogens (tertiary/aromatic N) is 3. The standard InChI is InChI=1S/C13H15N3/c1-4-11(8-14-3)12-9-15-16-6-5-10(2)7-13(12)16/h4-9H,1-3H3/b11-4+,14-8?. The number of hydrogen-bond donors (Lipinski definition) is 0. The Morgan fingerprint density at radius 2 is 2.31 bits per heavy atom. The fourth-order valence-electron chi connectivity index (χ4n) is 1.75. The molecule has 2 aromatic rings. The van der Waals surface area contributed by atoms with Crippen LogP contribution in [0.2, 0.25) is 0 Å². The van der Waals surface area contributed by atoms with Gasteiger partial charge in [-0.1, -0.05) is 6.08 Å². The normalized spacial score (nSPS) is 12.8. The van der Waals surface area contributed by atoms with Crippen molar-refractivity contribution < 1.29 is 0 Å². The summed E-state index contributed by atoms with van der Waals surface area (Å²) < 4.78 is 1.88. The lowest BCUT2D eigenvalue weighted by atomic mass is 10.1. The number of aromatic nitrogens is 2. The van der Waals surface area contributed by atoms with E-state index in [0.717, 1.165) is 16.7 Å². The van der Waals surface area contributed by atoms with E-state index in [1.807, 2.05) is 42.2 Å². The summed E-state index contributed by atoms with van der Waals surface area (Å²) in [6.07, 6.45) is 7.77. The molecule has 16 heavy (non-hydrogen) atoms. The average Bonchev–Trinajstić information content (AvgIpc) is 2.69. The first-order valence-electron chi connectivity index (χ1n) is 5.29. The summed E-state index contributed by atoms with van der Waals surface area (Å²) in [5.41, 5.74) is 4.58. The largest absolute Gasteiger partial charge is 0.296 e. The van der Waals surface area contributed by atoms with E-state index in [9.17, 15) is 0 Å². The summed E-state index contributed by atoms with van der Waals surface area (Å²) in [6, 6.07) is 4.18. The first-order valence-corrected chi connectivity index (χ1v) is 5.29. The van der Waals surface area contributed by atoms with Crippen molar-refractivity contribution in [2.75, 3.05) is 7.05 Å². The van der Waals surface area contributed by atoms with Crippen molar-refractivity contribution in [2.24, 2.45) is 4.99 Å². The molecule has 0 unspecified atom stereocenters. The van der Waals surface area contributed by atoms with E-state index >= 15 is 0 Å². The van der Waals surface area contributed by atoms with Crippen molar-refractivity contribution in [3.63, 3.8) is 0 Å². The summed E-state index contributed by atoms with van der Waals surface area (Å²) in [6.45, 7) is 4.09. The van der Waals surface area contributed by atoms with Crippen molar-refractivity contribution in [2.45, 2.75) is 13.8 Å². The quantitative estimate of drug-likeness (QED) is 0.705. The van der Waals surface area contributed by atoms with Crippen molar-refractivity contribution >= 4 is 17.3 Å². The molecule has 0 aromatic carbocycles. The van der Waals surface area contributed by atoms with Gasteiger partial charge in [0.15, 0.2) is 0 Å². The molecule has 2 rings (SSSR count). The minimum Gasteiger partial charge on any atom is -0.296 e. The van der Waals surface area contributed by atoms with E-state index in [2.05, 4.69) is 23.1 Å². The Balaban J connectivity index is 2.65. The Morgan fingerprint density at radius 1 is 1.50 bits per heavy atom. The number of aryl methyl sites for hydroxylation is 1. The molecule has 0 saturated carbocycles. The highest BCUT2D eigenvalue weighted by molar-refractivity contribution is 6.12. The maximum Gasteiger partial charge on any atom is 0.0743 e. The van der Waals surface area contributed by atoms with Gasteiger partial charge < -0.3 is 0 Å². The summed E-state index contributed by atoms with van der Waals surface area (Å²) >= 11 is 0. The molecule has 0 atom stereocenters. The van der Waals surface area contributed by atoms with E-state index in [1.165, 1.54) is 5.56 Å². The lowest BCUT2D eigenvalue weighted by Gasteiger charge is -2.00. The summed E-state index contributed by atoms with van der Waals surface area (Å²) in [4.78, 5) is 4.06. The van der Waals surface area contributed by atoms with Gasteiger partial charge in [0.05, 0.1) is 11.7 Å². The summed E-state index contributed by atoms with van der Waals surface area (Å²) in [7, 11) is 1.78. The van der Waals surface area contributed by atoms with Crippen LogP contribution in [0.1, 0.15) is 18.1 Å². The molecule has 82 valence electrons. The third kappa shape index (κ3) is 1.76. The molecular formula is C13H15N3. The second-order valence-corrected chi connectivity index (χ2v) is 3.72. The van der Waals surface area contributed by atoms with E-state index in [0.29, 0.717) is 0 Å². The van der Waals surface area contributed by atoms with Crippen LogP contribution in [0.25, 0.3) is 11.1 Å². The van der Waals surface area contributed by atoms with Gasteiger partial charge >= 0.3 is 0 Å². The zero-order valence-electron chi connectivity index (χ0n) is 9.81. The molecule has 0 amide bonds. The molecule has 2 aromatic heterocycles. The smallest absolute Gasteiger partial charge is 0.0743 e. The molecule has 0 fully saturated rings. The van der Waals surface area contributed by atoms with Crippen molar-refractivity contribution in [1.29, 1.82) is 0 Å². The van der Waals surface area contributed by atoms with Crippen molar-refractivity contribution in [3.8, 4) is 0 Å². The SMILES string of the molecule is C/C=C(\C=NC)c1cnn2ccc(C)cc12. The van der Waals surface area contributed by atoms with E-state index in [-0.39, 0.29) is 0 Å². The number of hydrogen-bond acceptors (Lipinski definition) is 2. The van der Waals surface area contributed by atoms with Crippen LogP contribution in [-0.2, 0) is 0 Å². The Labute approximate surface area is 95.1 Å². The van der Waals surface area contributed by atoms with Crippen LogP contribution >= 0.6 is 0 Å². The monoisotopic (exact) mass is 213 g/mol. The third-order valence-electron chi connectivity index (χ3n) is 2.57. The highest BCUT2D eigenvalue weighted by atomic mass is 15.2. The van der Waals surface area contributed by atoms with Crippen LogP contribution < -0.4 is 0 Å². The Morgan fingerprint density at radius 3 is 3.00 bits per heavy atom. The lowest BCUT2D eigenvalue weighted by Crippen LogP contribution is -1.88. The molecule has 0 aliphatic rings. The number of allylic oxidation sites excluding steroid dienone is 2. The minimum absolute atomic E-state index is 1.10. The second kappa shape index (κ2) is 4.31. The Hall–Kier alpha value is -1.90. The first kappa shape index (κ1) is 10.6. The zero-order chi connectivity index (χ0) is 11.5. The molecule has 0 bridgehead atoms. The molecule has 3 nitrogen and oxygen atoms in total. The minimum atomic E-state index is 1.10. The van der Waals surface area contributed by atoms with Gasteiger partial charge in [-0.2, -0.15) is 5.10 Å². The Bertz CT molecular complexity index is 562. The van der Waals surface area contributed by atoms with Gasteiger partial charge in [0.2, 0.25) is 0 Å². The van der Waals surface area contributed by atoms with Crippen LogP contribution in [0.15, 0.2) is 35.6 Å². The number of fused-ring (bicyclic) bond motifs is 1. The van der Waals surface area contributed by atoms with Gasteiger partial charge in [-0.15, -0.1) is 0 Å². The number of rotatable bonds is 2. The number of pyridine rings is 1. The molecule has 0 radical (unpaired) electrons. The molecule has 0 saturated heterocycles. The maximum atomic E-state index is 4.33. The fourth-order valence-corrected chi connectivity index (χ4v) is 1.75. The summed E-state index contributed by atoms with van der Waals surface area (Å²) in [5.74, 6) is 0. The highest BCUT2D eigenvalue weighted by Crippen LogP contribution is 2.19. The first-order chi connectivity index (χ1) is 7.76. The average molecular weight is 213 g/mol. The maximum absolute atomic E-state index is 4.33. The third-order valence-corrected chi connectivity index (χ3v) is 2.57. The van der Waals surface area contributed by atoms with E-state index in [1.54, 1.807) is 7.05 Å². The van der Waals surface area contributed by atoms with Crippen LogP contribution in [-0.4, -0.2) is 22.9 Å². The zero-order valence-corrected chi connectivity index (χ0v) is 9.81. The van der Waals surface area contributed by atoms with Gasteiger partial charge in [-0.3, -0.25) is 4.99 Å². The van der Waals surface area contributed by atoms with Gasteiger partial charge in [0.1, 0.15) is 0 Å². The molecule has 3 heteroatoms.